The smallest absolute Gasteiger partial charge is 0.222 e. The first-order chi connectivity index (χ1) is 16.5. The maximum absolute atomic E-state index is 13.8. The standard InChI is InChI=1S/C26H30FN3O4/c1-4-14-33-19-22(31)17-30(13-15-32-3)18-24-25(20-9-6-5-7-10-20)28-29(2)26(24)34-23-12-8-11-21(27)16-23/h1,5-12,16,22,31H,13-15,17-19H2,2-3H3/t22-/m1/s1. The van der Waals surface area contributed by atoms with E-state index in [2.05, 4.69) is 5.92 Å². The summed E-state index contributed by atoms with van der Waals surface area (Å²) >= 11 is 0. The average molecular weight is 468 g/mol. The van der Waals surface area contributed by atoms with Gasteiger partial charge in [0.25, 0.3) is 0 Å². The molecule has 3 aromatic rings. The molecule has 180 valence electrons. The molecular formula is C26H30FN3O4. The van der Waals surface area contributed by atoms with Crippen LogP contribution in [0.15, 0.2) is 54.6 Å². The van der Waals surface area contributed by atoms with Crippen molar-refractivity contribution in [3.63, 3.8) is 0 Å². The number of terminal acetylenes is 1. The number of aliphatic hydroxyl groups excluding tert-OH is 1. The predicted octanol–water partition coefficient (Wildman–Crippen LogP) is 3.48. The van der Waals surface area contributed by atoms with Crippen molar-refractivity contribution >= 4 is 0 Å². The van der Waals surface area contributed by atoms with Crippen LogP contribution in [0.4, 0.5) is 4.39 Å². The number of hydrogen-bond acceptors (Lipinski definition) is 6. The summed E-state index contributed by atoms with van der Waals surface area (Å²) in [6.07, 6.45) is 4.48. The lowest BCUT2D eigenvalue weighted by Crippen LogP contribution is -2.36. The lowest BCUT2D eigenvalue weighted by molar-refractivity contribution is 0.0206. The molecule has 1 aromatic heterocycles. The van der Waals surface area contributed by atoms with Gasteiger partial charge in [0.05, 0.1) is 24.9 Å². The molecule has 0 aliphatic rings. The van der Waals surface area contributed by atoms with E-state index >= 15 is 0 Å². The summed E-state index contributed by atoms with van der Waals surface area (Å²) in [4.78, 5) is 2.04. The van der Waals surface area contributed by atoms with Gasteiger partial charge in [-0.2, -0.15) is 5.10 Å². The minimum atomic E-state index is -0.741. The minimum Gasteiger partial charge on any atom is -0.439 e. The molecular weight excluding hydrogens is 437 g/mol. The van der Waals surface area contributed by atoms with Gasteiger partial charge in [-0.1, -0.05) is 42.3 Å². The van der Waals surface area contributed by atoms with E-state index in [9.17, 15) is 9.50 Å². The molecule has 1 heterocycles. The number of nitrogens with zero attached hydrogens (tertiary/aromatic N) is 3. The van der Waals surface area contributed by atoms with Gasteiger partial charge in [0.15, 0.2) is 0 Å². The third-order valence-electron chi connectivity index (χ3n) is 5.10. The third kappa shape index (κ3) is 7.14. The molecule has 7 nitrogen and oxygen atoms in total. The zero-order valence-corrected chi connectivity index (χ0v) is 19.5. The molecule has 0 radical (unpaired) electrons. The van der Waals surface area contributed by atoms with Crippen LogP contribution in [-0.2, 0) is 23.1 Å². The summed E-state index contributed by atoms with van der Waals surface area (Å²) in [5, 5.41) is 15.2. The van der Waals surface area contributed by atoms with Gasteiger partial charge in [0.2, 0.25) is 5.88 Å². The van der Waals surface area contributed by atoms with E-state index in [1.807, 2.05) is 35.2 Å². The number of halogens is 1. The Morgan fingerprint density at radius 3 is 2.71 bits per heavy atom. The molecule has 0 saturated heterocycles. The summed E-state index contributed by atoms with van der Waals surface area (Å²) in [6.45, 7) is 2.04. The normalized spacial score (nSPS) is 12.0. The molecule has 0 saturated carbocycles. The number of ether oxygens (including phenoxy) is 3. The van der Waals surface area contributed by atoms with Crippen molar-refractivity contribution in [3.8, 4) is 35.2 Å². The summed E-state index contributed by atoms with van der Waals surface area (Å²) in [5.41, 5.74) is 2.48. The van der Waals surface area contributed by atoms with Crippen LogP contribution in [0.5, 0.6) is 11.6 Å². The van der Waals surface area contributed by atoms with E-state index in [1.165, 1.54) is 12.1 Å². The quantitative estimate of drug-likeness (QED) is 0.307. The van der Waals surface area contributed by atoms with Crippen molar-refractivity contribution in [2.45, 2.75) is 12.6 Å². The molecule has 3 rings (SSSR count). The number of methoxy groups -OCH3 is 1. The van der Waals surface area contributed by atoms with Crippen LogP contribution in [0, 0.1) is 18.2 Å². The molecule has 0 aliphatic carbocycles. The second-order valence-electron chi connectivity index (χ2n) is 7.78. The molecule has 0 bridgehead atoms. The second kappa shape index (κ2) is 12.9. The van der Waals surface area contributed by atoms with Gasteiger partial charge in [0, 0.05) is 45.4 Å². The Hall–Kier alpha value is -3.22. The van der Waals surface area contributed by atoms with E-state index in [0.29, 0.717) is 37.9 Å². The predicted molar refractivity (Wildman–Crippen MR) is 128 cm³/mol. The summed E-state index contributed by atoms with van der Waals surface area (Å²) in [7, 11) is 3.41. The van der Waals surface area contributed by atoms with E-state index in [-0.39, 0.29) is 19.0 Å². The Kier molecular flexibility index (Phi) is 9.62. The van der Waals surface area contributed by atoms with Crippen molar-refractivity contribution in [1.29, 1.82) is 0 Å². The van der Waals surface area contributed by atoms with Crippen LogP contribution in [-0.4, -0.2) is 65.9 Å². The van der Waals surface area contributed by atoms with Crippen molar-refractivity contribution in [2.24, 2.45) is 7.05 Å². The first-order valence-corrected chi connectivity index (χ1v) is 11.0. The van der Waals surface area contributed by atoms with E-state index in [4.69, 9.17) is 25.7 Å². The topological polar surface area (TPSA) is 69.0 Å². The Bertz CT molecular complexity index is 1080. The molecule has 8 heteroatoms. The zero-order chi connectivity index (χ0) is 24.3. The third-order valence-corrected chi connectivity index (χ3v) is 5.10. The van der Waals surface area contributed by atoms with Gasteiger partial charge in [0.1, 0.15) is 23.9 Å². The van der Waals surface area contributed by atoms with Crippen molar-refractivity contribution in [1.82, 2.24) is 14.7 Å². The van der Waals surface area contributed by atoms with Gasteiger partial charge in [-0.15, -0.1) is 6.42 Å². The number of hydrogen-bond donors (Lipinski definition) is 1. The average Bonchev–Trinajstić information content (AvgIpc) is 3.13. The van der Waals surface area contributed by atoms with Gasteiger partial charge in [-0.25, -0.2) is 9.07 Å². The minimum absolute atomic E-state index is 0.124. The largest absolute Gasteiger partial charge is 0.439 e. The fourth-order valence-electron chi connectivity index (χ4n) is 3.58. The summed E-state index contributed by atoms with van der Waals surface area (Å²) < 4.78 is 32.1. The second-order valence-corrected chi connectivity index (χ2v) is 7.78. The van der Waals surface area contributed by atoms with Gasteiger partial charge in [-0.3, -0.25) is 4.90 Å². The molecule has 1 N–H and O–H groups in total. The molecule has 0 fully saturated rings. The SMILES string of the molecule is C#CCOC[C@H](O)CN(CCOC)Cc1c(-c2ccccc2)nn(C)c1Oc1cccc(F)c1. The molecule has 0 unspecified atom stereocenters. The van der Waals surface area contributed by atoms with Crippen molar-refractivity contribution < 1.29 is 23.7 Å². The number of aromatic nitrogens is 2. The van der Waals surface area contributed by atoms with Crippen LogP contribution in [0.3, 0.4) is 0 Å². The highest BCUT2D eigenvalue weighted by molar-refractivity contribution is 5.65. The van der Waals surface area contributed by atoms with Crippen molar-refractivity contribution in [3.05, 3.63) is 66.0 Å². The van der Waals surface area contributed by atoms with Gasteiger partial charge in [-0.05, 0) is 12.1 Å². The maximum atomic E-state index is 13.8. The summed E-state index contributed by atoms with van der Waals surface area (Å²) in [6, 6.07) is 15.7. The van der Waals surface area contributed by atoms with E-state index in [0.717, 1.165) is 16.8 Å². The van der Waals surface area contributed by atoms with E-state index in [1.54, 1.807) is 31.0 Å². The number of aliphatic hydroxyl groups is 1. The Morgan fingerprint density at radius 1 is 1.21 bits per heavy atom. The molecule has 0 aliphatic heterocycles. The number of aryl methyl sites for hydroxylation is 1. The molecule has 0 spiro atoms. The van der Waals surface area contributed by atoms with Gasteiger partial charge >= 0.3 is 0 Å². The monoisotopic (exact) mass is 467 g/mol. The van der Waals surface area contributed by atoms with Crippen LogP contribution in [0.1, 0.15) is 5.56 Å². The van der Waals surface area contributed by atoms with Crippen LogP contribution < -0.4 is 4.74 Å². The van der Waals surface area contributed by atoms with Crippen molar-refractivity contribution in [2.75, 3.05) is 40.0 Å². The molecule has 1 atom stereocenters. The van der Waals surface area contributed by atoms with Crippen LogP contribution >= 0.6 is 0 Å². The molecule has 34 heavy (non-hydrogen) atoms. The zero-order valence-electron chi connectivity index (χ0n) is 19.5. The highest BCUT2D eigenvalue weighted by atomic mass is 19.1. The number of benzene rings is 2. The molecule has 0 amide bonds. The fourth-order valence-corrected chi connectivity index (χ4v) is 3.58. The lowest BCUT2D eigenvalue weighted by atomic mass is 10.1. The maximum Gasteiger partial charge on any atom is 0.222 e. The van der Waals surface area contributed by atoms with Gasteiger partial charge < -0.3 is 19.3 Å². The first kappa shape index (κ1) is 25.4. The lowest BCUT2D eigenvalue weighted by Gasteiger charge is -2.25. The number of rotatable bonds is 13. The van der Waals surface area contributed by atoms with Crippen LogP contribution in [0.25, 0.3) is 11.3 Å². The first-order valence-electron chi connectivity index (χ1n) is 11.0. The van der Waals surface area contributed by atoms with Crippen LogP contribution in [0.2, 0.25) is 0 Å². The Labute approximate surface area is 199 Å². The summed E-state index contributed by atoms with van der Waals surface area (Å²) in [5.74, 6) is 2.87. The van der Waals surface area contributed by atoms with E-state index < -0.39 is 6.10 Å². The Morgan fingerprint density at radius 2 is 2.00 bits per heavy atom. The highest BCUT2D eigenvalue weighted by Gasteiger charge is 2.23. The fraction of sp³-hybridized carbons (Fsp3) is 0.346. The molecule has 2 aromatic carbocycles. The Balaban J connectivity index is 1.93. The highest BCUT2D eigenvalue weighted by Crippen LogP contribution is 2.34.